The maximum atomic E-state index is 12.6. The van der Waals surface area contributed by atoms with E-state index in [1.165, 1.54) is 0 Å². The lowest BCUT2D eigenvalue weighted by Gasteiger charge is -2.15. The van der Waals surface area contributed by atoms with E-state index in [0.717, 1.165) is 33.6 Å². The van der Waals surface area contributed by atoms with Crippen molar-refractivity contribution in [2.24, 2.45) is 11.3 Å². The summed E-state index contributed by atoms with van der Waals surface area (Å²) in [5.74, 6) is -1.04. The molecule has 35 heavy (non-hydrogen) atoms. The van der Waals surface area contributed by atoms with Crippen molar-refractivity contribution in [2.75, 3.05) is 11.9 Å². The van der Waals surface area contributed by atoms with Crippen molar-refractivity contribution in [3.05, 3.63) is 70.7 Å². The van der Waals surface area contributed by atoms with Gasteiger partial charge in [0, 0.05) is 17.3 Å². The molecule has 2 fully saturated rings. The van der Waals surface area contributed by atoms with E-state index in [0.29, 0.717) is 19.3 Å². The standard InChI is InChI=1S/C26H23N3O5S/c30-22(27-15-9-14-10-26(14,11-15)23(31)32)21-13-35-24(28-21)29-25(33)34-12-20-18-7-3-1-5-16(18)17-6-2-4-8-19(17)20/h1-8,13-15,20H,9-12H2,(H,27,30)(H,31,32)(H,28,29,33)/t14-,15+,26+/m0/s1. The van der Waals surface area contributed by atoms with Gasteiger partial charge >= 0.3 is 12.1 Å². The average Bonchev–Trinajstić information content (AvgIpc) is 3.17. The predicted octanol–water partition coefficient (Wildman–Crippen LogP) is 4.49. The molecule has 2 saturated carbocycles. The highest BCUT2D eigenvalue weighted by Gasteiger charge is 2.65. The SMILES string of the molecule is O=C(Nc1nc(C(=O)N[C@@H]2C[C@H]3C[C@@]3(C(=O)O)C2)cs1)OCC1c2ccccc2-c2ccccc21. The van der Waals surface area contributed by atoms with E-state index in [2.05, 4.69) is 39.9 Å². The number of hydrogen-bond donors (Lipinski definition) is 3. The molecular weight excluding hydrogens is 466 g/mol. The molecule has 2 aromatic carbocycles. The number of carboxylic acids is 1. The van der Waals surface area contributed by atoms with Crippen LogP contribution in [-0.2, 0) is 9.53 Å². The van der Waals surface area contributed by atoms with Crippen LogP contribution in [0.5, 0.6) is 0 Å². The lowest BCUT2D eigenvalue weighted by molar-refractivity contribution is -0.143. The van der Waals surface area contributed by atoms with Gasteiger partial charge in [-0.05, 0) is 47.4 Å². The number of rotatable bonds is 6. The number of fused-ring (bicyclic) bond motifs is 4. The zero-order valence-electron chi connectivity index (χ0n) is 18.7. The highest BCUT2D eigenvalue weighted by molar-refractivity contribution is 7.14. The van der Waals surface area contributed by atoms with Crippen molar-refractivity contribution in [1.82, 2.24) is 10.3 Å². The summed E-state index contributed by atoms with van der Waals surface area (Å²) in [7, 11) is 0. The fourth-order valence-electron chi connectivity index (χ4n) is 5.68. The van der Waals surface area contributed by atoms with Gasteiger partial charge in [0.1, 0.15) is 12.3 Å². The van der Waals surface area contributed by atoms with E-state index in [1.54, 1.807) is 5.38 Å². The van der Waals surface area contributed by atoms with Gasteiger partial charge in [0.2, 0.25) is 0 Å². The zero-order chi connectivity index (χ0) is 24.2. The second kappa shape index (κ2) is 8.20. The second-order valence-electron chi connectivity index (χ2n) is 9.46. The number of carbonyl (C=O) groups is 3. The van der Waals surface area contributed by atoms with Crippen LogP contribution in [0, 0.1) is 11.3 Å². The van der Waals surface area contributed by atoms with Gasteiger partial charge < -0.3 is 15.2 Å². The number of anilines is 1. The van der Waals surface area contributed by atoms with Gasteiger partial charge in [-0.25, -0.2) is 9.78 Å². The molecule has 1 heterocycles. The number of aliphatic carboxylic acids is 1. The minimum Gasteiger partial charge on any atom is -0.481 e. The molecule has 9 heteroatoms. The molecular formula is C26H23N3O5S. The molecule has 1 aromatic heterocycles. The van der Waals surface area contributed by atoms with E-state index >= 15 is 0 Å². The summed E-state index contributed by atoms with van der Waals surface area (Å²) in [5, 5.41) is 16.7. The van der Waals surface area contributed by atoms with Crippen molar-refractivity contribution in [1.29, 1.82) is 0 Å². The smallest absolute Gasteiger partial charge is 0.413 e. The summed E-state index contributed by atoms with van der Waals surface area (Å²) in [4.78, 5) is 40.7. The molecule has 0 bridgehead atoms. The third kappa shape index (κ3) is 3.76. The number of carbonyl (C=O) groups excluding carboxylic acids is 2. The Balaban J connectivity index is 1.05. The van der Waals surface area contributed by atoms with Crippen LogP contribution < -0.4 is 10.6 Å². The fourth-order valence-corrected chi connectivity index (χ4v) is 6.36. The predicted molar refractivity (Wildman–Crippen MR) is 129 cm³/mol. The number of thiazole rings is 1. The van der Waals surface area contributed by atoms with Crippen LogP contribution in [0.3, 0.4) is 0 Å². The lowest BCUT2D eigenvalue weighted by atomic mass is 9.98. The first-order chi connectivity index (χ1) is 16.9. The molecule has 3 aromatic rings. The summed E-state index contributed by atoms with van der Waals surface area (Å²) < 4.78 is 5.53. The molecule has 0 unspecified atom stereocenters. The number of carboxylic acid groups (broad SMARTS) is 1. The molecule has 0 saturated heterocycles. The molecule has 0 radical (unpaired) electrons. The van der Waals surface area contributed by atoms with Gasteiger partial charge in [-0.15, -0.1) is 11.3 Å². The van der Waals surface area contributed by atoms with E-state index in [-0.39, 0.29) is 41.2 Å². The Kier molecular flexibility index (Phi) is 5.10. The van der Waals surface area contributed by atoms with Crippen molar-refractivity contribution >= 4 is 34.4 Å². The summed E-state index contributed by atoms with van der Waals surface area (Å²) in [6, 6.07) is 16.1. The summed E-state index contributed by atoms with van der Waals surface area (Å²) in [6.07, 6.45) is 1.19. The van der Waals surface area contributed by atoms with E-state index in [4.69, 9.17) is 4.74 Å². The lowest BCUT2D eigenvalue weighted by Crippen LogP contribution is -2.35. The van der Waals surface area contributed by atoms with Crippen LogP contribution in [0.4, 0.5) is 9.93 Å². The third-order valence-corrected chi connectivity index (χ3v) is 8.22. The molecule has 8 nitrogen and oxygen atoms in total. The van der Waals surface area contributed by atoms with Crippen LogP contribution in [0.25, 0.3) is 11.1 Å². The number of amides is 2. The van der Waals surface area contributed by atoms with Crippen LogP contribution in [0.2, 0.25) is 0 Å². The van der Waals surface area contributed by atoms with Crippen molar-refractivity contribution in [2.45, 2.75) is 31.2 Å². The normalized spacial score (nSPS) is 23.7. The average molecular weight is 490 g/mol. The van der Waals surface area contributed by atoms with Crippen molar-refractivity contribution in [3.63, 3.8) is 0 Å². The van der Waals surface area contributed by atoms with Crippen molar-refractivity contribution in [3.8, 4) is 11.1 Å². The number of nitrogens with zero attached hydrogens (tertiary/aromatic N) is 1. The van der Waals surface area contributed by atoms with Crippen LogP contribution in [-0.4, -0.2) is 40.7 Å². The van der Waals surface area contributed by atoms with Gasteiger partial charge in [-0.2, -0.15) is 0 Å². The van der Waals surface area contributed by atoms with E-state index < -0.39 is 17.5 Å². The van der Waals surface area contributed by atoms with Crippen LogP contribution >= 0.6 is 11.3 Å². The van der Waals surface area contributed by atoms with E-state index in [1.807, 2.05) is 24.3 Å². The molecule has 6 rings (SSSR count). The Morgan fingerprint density at radius 3 is 2.40 bits per heavy atom. The summed E-state index contributed by atoms with van der Waals surface area (Å²) in [5.41, 5.74) is 4.10. The molecule has 3 aliphatic carbocycles. The van der Waals surface area contributed by atoms with Gasteiger partial charge in [-0.1, -0.05) is 48.5 Å². The topological polar surface area (TPSA) is 118 Å². The monoisotopic (exact) mass is 489 g/mol. The number of aromatic nitrogens is 1. The molecule has 3 atom stereocenters. The number of benzene rings is 2. The van der Waals surface area contributed by atoms with Gasteiger partial charge in [-0.3, -0.25) is 14.9 Å². The minimum absolute atomic E-state index is 0.0440. The molecule has 0 aliphatic heterocycles. The highest BCUT2D eigenvalue weighted by atomic mass is 32.1. The van der Waals surface area contributed by atoms with Crippen LogP contribution in [0.1, 0.15) is 46.8 Å². The Morgan fingerprint density at radius 2 is 1.74 bits per heavy atom. The maximum absolute atomic E-state index is 12.6. The molecule has 0 spiro atoms. The highest BCUT2D eigenvalue weighted by Crippen LogP contribution is 2.63. The molecule has 2 amide bonds. The van der Waals surface area contributed by atoms with Gasteiger partial charge in [0.25, 0.3) is 5.91 Å². The third-order valence-electron chi connectivity index (χ3n) is 7.46. The first-order valence-corrected chi connectivity index (χ1v) is 12.4. The van der Waals surface area contributed by atoms with Gasteiger partial charge in [0.15, 0.2) is 5.13 Å². The molecule has 178 valence electrons. The molecule has 3 N–H and O–H groups in total. The largest absolute Gasteiger partial charge is 0.481 e. The van der Waals surface area contributed by atoms with E-state index in [9.17, 15) is 19.5 Å². The Morgan fingerprint density at radius 1 is 1.06 bits per heavy atom. The first kappa shape index (κ1) is 21.8. The Labute approximate surface area is 205 Å². The molecule has 3 aliphatic rings. The summed E-state index contributed by atoms with van der Waals surface area (Å²) in [6.45, 7) is 0.187. The number of ether oxygens (including phenoxy) is 1. The quantitative estimate of drug-likeness (QED) is 0.470. The van der Waals surface area contributed by atoms with Crippen molar-refractivity contribution < 1.29 is 24.2 Å². The first-order valence-electron chi connectivity index (χ1n) is 11.6. The fraction of sp³-hybridized carbons (Fsp3) is 0.308. The Bertz CT molecular complexity index is 1310. The summed E-state index contributed by atoms with van der Waals surface area (Å²) >= 11 is 1.13. The van der Waals surface area contributed by atoms with Gasteiger partial charge in [0.05, 0.1) is 5.41 Å². The second-order valence-corrected chi connectivity index (χ2v) is 10.3. The zero-order valence-corrected chi connectivity index (χ0v) is 19.5. The Hall–Kier alpha value is -3.72. The number of nitrogens with one attached hydrogen (secondary N) is 2. The maximum Gasteiger partial charge on any atom is 0.413 e. The van der Waals surface area contributed by atoms with Crippen LogP contribution in [0.15, 0.2) is 53.9 Å². The minimum atomic E-state index is -0.775. The number of hydrogen-bond acceptors (Lipinski definition) is 6.